The topological polar surface area (TPSA) is 63.1 Å². The van der Waals surface area contributed by atoms with Crippen LogP contribution in [0.2, 0.25) is 0 Å². The molecule has 1 amide bonds. The van der Waals surface area contributed by atoms with Gasteiger partial charge in [0.25, 0.3) is 5.91 Å². The third-order valence-corrected chi connectivity index (χ3v) is 4.91. The highest BCUT2D eigenvalue weighted by atomic mass is 16.1. The second-order valence-electron chi connectivity index (χ2n) is 6.94. The van der Waals surface area contributed by atoms with Crippen molar-refractivity contribution in [1.29, 1.82) is 0 Å². The normalized spacial score (nSPS) is 17.5. The van der Waals surface area contributed by atoms with Crippen LogP contribution in [0.3, 0.4) is 0 Å². The molecule has 2 aromatic heterocycles. The summed E-state index contributed by atoms with van der Waals surface area (Å²) in [4.78, 5) is 19.4. The molecule has 3 aromatic rings. The van der Waals surface area contributed by atoms with Crippen LogP contribution in [0.4, 0.5) is 5.82 Å². The number of rotatable bonds is 3. The molecule has 0 bridgehead atoms. The van der Waals surface area contributed by atoms with Gasteiger partial charge >= 0.3 is 0 Å². The molecule has 26 heavy (non-hydrogen) atoms. The van der Waals surface area contributed by atoms with Gasteiger partial charge in [0, 0.05) is 43.8 Å². The van der Waals surface area contributed by atoms with E-state index in [4.69, 9.17) is 0 Å². The van der Waals surface area contributed by atoms with E-state index < -0.39 is 0 Å². The van der Waals surface area contributed by atoms with Gasteiger partial charge in [-0.05, 0) is 31.9 Å². The summed E-state index contributed by atoms with van der Waals surface area (Å²) in [5.41, 5.74) is 2.52. The maximum atomic E-state index is 12.7. The zero-order valence-corrected chi connectivity index (χ0v) is 15.1. The van der Waals surface area contributed by atoms with Crippen molar-refractivity contribution in [3.8, 4) is 0 Å². The molecule has 4 rings (SSSR count). The first-order chi connectivity index (χ1) is 12.6. The van der Waals surface area contributed by atoms with Crippen LogP contribution in [0.1, 0.15) is 28.9 Å². The maximum absolute atomic E-state index is 12.7. The Bertz CT molecular complexity index is 948. The number of aromatic nitrogens is 3. The second kappa shape index (κ2) is 6.78. The van der Waals surface area contributed by atoms with E-state index in [1.54, 1.807) is 6.20 Å². The Balaban J connectivity index is 1.47. The Hall–Kier alpha value is -2.89. The van der Waals surface area contributed by atoms with Crippen LogP contribution in [0.5, 0.6) is 0 Å². The molecule has 0 spiro atoms. The van der Waals surface area contributed by atoms with Crippen molar-refractivity contribution in [2.45, 2.75) is 25.8 Å². The van der Waals surface area contributed by atoms with Gasteiger partial charge in [-0.1, -0.05) is 18.2 Å². The standard InChI is InChI=1S/C20H23N5O/c1-14-10-19(24(2)23-14)25-9-5-7-17(13-25)22-20(26)16-11-15-6-3-4-8-18(15)21-12-16/h3-4,6,8,10-12,17H,5,7,9,13H2,1-2H3,(H,22,26). The number of nitrogens with one attached hydrogen (secondary N) is 1. The molecule has 6 nitrogen and oxygen atoms in total. The third-order valence-electron chi connectivity index (χ3n) is 4.91. The largest absolute Gasteiger partial charge is 0.355 e. The van der Waals surface area contributed by atoms with Crippen LogP contribution >= 0.6 is 0 Å². The van der Waals surface area contributed by atoms with Gasteiger partial charge in [-0.15, -0.1) is 0 Å². The Kier molecular flexibility index (Phi) is 4.32. The number of carbonyl (C=O) groups excluding carboxylic acids is 1. The van der Waals surface area contributed by atoms with Crippen LogP contribution < -0.4 is 10.2 Å². The molecule has 1 unspecified atom stereocenters. The van der Waals surface area contributed by atoms with Gasteiger partial charge in [0.1, 0.15) is 5.82 Å². The lowest BCUT2D eigenvalue weighted by Gasteiger charge is -2.34. The van der Waals surface area contributed by atoms with E-state index >= 15 is 0 Å². The summed E-state index contributed by atoms with van der Waals surface area (Å²) in [6.07, 6.45) is 3.69. The third kappa shape index (κ3) is 3.27. The van der Waals surface area contributed by atoms with Crippen molar-refractivity contribution in [3.63, 3.8) is 0 Å². The van der Waals surface area contributed by atoms with Crippen molar-refractivity contribution in [1.82, 2.24) is 20.1 Å². The molecule has 134 valence electrons. The fraction of sp³-hybridized carbons (Fsp3) is 0.350. The van der Waals surface area contributed by atoms with E-state index in [9.17, 15) is 4.79 Å². The van der Waals surface area contributed by atoms with Crippen LogP contribution in [0.15, 0.2) is 42.6 Å². The Labute approximate surface area is 152 Å². The minimum absolute atomic E-state index is 0.0590. The number of para-hydroxylation sites is 1. The Morgan fingerprint density at radius 3 is 2.92 bits per heavy atom. The molecular weight excluding hydrogens is 326 g/mol. The highest BCUT2D eigenvalue weighted by Gasteiger charge is 2.24. The van der Waals surface area contributed by atoms with Gasteiger partial charge in [0.05, 0.1) is 16.8 Å². The highest BCUT2D eigenvalue weighted by Crippen LogP contribution is 2.21. The van der Waals surface area contributed by atoms with Gasteiger partial charge in [-0.3, -0.25) is 14.5 Å². The summed E-state index contributed by atoms with van der Waals surface area (Å²) >= 11 is 0. The minimum Gasteiger partial charge on any atom is -0.355 e. The number of nitrogens with zero attached hydrogens (tertiary/aromatic N) is 4. The molecule has 1 aliphatic heterocycles. The van der Waals surface area contributed by atoms with Crippen molar-refractivity contribution >= 4 is 22.6 Å². The number of amides is 1. The lowest BCUT2D eigenvalue weighted by molar-refractivity contribution is 0.0933. The molecule has 0 radical (unpaired) electrons. The average Bonchev–Trinajstić information content (AvgIpc) is 2.99. The number of piperidine rings is 1. The Morgan fingerprint density at radius 2 is 2.12 bits per heavy atom. The van der Waals surface area contributed by atoms with E-state index in [0.29, 0.717) is 5.56 Å². The SMILES string of the molecule is Cc1cc(N2CCCC(NC(=O)c3cnc4ccccc4c3)C2)n(C)n1. The summed E-state index contributed by atoms with van der Waals surface area (Å²) in [5, 5.41) is 8.59. The number of aryl methyl sites for hydroxylation is 2. The number of benzene rings is 1. The molecular formula is C20H23N5O. The molecule has 0 aliphatic carbocycles. The lowest BCUT2D eigenvalue weighted by Crippen LogP contribution is -2.48. The monoisotopic (exact) mass is 349 g/mol. The first-order valence-electron chi connectivity index (χ1n) is 9.01. The van der Waals surface area contributed by atoms with Crippen molar-refractivity contribution in [2.24, 2.45) is 7.05 Å². The van der Waals surface area contributed by atoms with Gasteiger partial charge in [0.2, 0.25) is 0 Å². The van der Waals surface area contributed by atoms with E-state index in [1.165, 1.54) is 0 Å². The molecule has 0 saturated carbocycles. The van der Waals surface area contributed by atoms with E-state index in [1.807, 2.05) is 49.0 Å². The number of pyridine rings is 1. The summed E-state index contributed by atoms with van der Waals surface area (Å²) in [6.45, 7) is 3.79. The van der Waals surface area contributed by atoms with Crippen molar-refractivity contribution < 1.29 is 4.79 Å². The predicted molar refractivity (Wildman–Crippen MR) is 102 cm³/mol. The number of hydrogen-bond acceptors (Lipinski definition) is 4. The first kappa shape index (κ1) is 16.6. The summed E-state index contributed by atoms with van der Waals surface area (Å²) in [6, 6.07) is 12.0. The molecule has 1 aromatic carbocycles. The zero-order valence-electron chi connectivity index (χ0n) is 15.1. The number of carbonyl (C=O) groups is 1. The quantitative estimate of drug-likeness (QED) is 0.790. The van der Waals surface area contributed by atoms with Crippen molar-refractivity contribution in [3.05, 3.63) is 53.9 Å². The second-order valence-corrected chi connectivity index (χ2v) is 6.94. The van der Waals surface area contributed by atoms with E-state index in [0.717, 1.165) is 48.3 Å². The molecule has 1 fully saturated rings. The summed E-state index contributed by atoms with van der Waals surface area (Å²) < 4.78 is 1.91. The minimum atomic E-state index is -0.0590. The Morgan fingerprint density at radius 1 is 1.27 bits per heavy atom. The first-order valence-corrected chi connectivity index (χ1v) is 9.01. The van der Waals surface area contributed by atoms with Gasteiger partial charge in [-0.25, -0.2) is 0 Å². The van der Waals surface area contributed by atoms with Crippen molar-refractivity contribution in [2.75, 3.05) is 18.0 Å². The predicted octanol–water partition coefficient (Wildman–Crippen LogP) is 2.68. The summed E-state index contributed by atoms with van der Waals surface area (Å²) in [7, 11) is 1.96. The number of fused-ring (bicyclic) bond motifs is 1. The highest BCUT2D eigenvalue weighted by molar-refractivity contribution is 5.97. The fourth-order valence-corrected chi connectivity index (χ4v) is 3.66. The molecule has 1 aliphatic rings. The van der Waals surface area contributed by atoms with Crippen LogP contribution in [0.25, 0.3) is 10.9 Å². The smallest absolute Gasteiger partial charge is 0.253 e. The van der Waals surface area contributed by atoms with Gasteiger partial charge in [-0.2, -0.15) is 5.10 Å². The summed E-state index contributed by atoms with van der Waals surface area (Å²) in [5.74, 6) is 1.05. The molecule has 6 heteroatoms. The van der Waals surface area contributed by atoms with E-state index in [-0.39, 0.29) is 11.9 Å². The number of anilines is 1. The zero-order chi connectivity index (χ0) is 18.1. The lowest BCUT2D eigenvalue weighted by atomic mass is 10.0. The number of hydrogen-bond donors (Lipinski definition) is 1. The molecule has 1 saturated heterocycles. The molecule has 1 atom stereocenters. The maximum Gasteiger partial charge on any atom is 0.253 e. The fourth-order valence-electron chi connectivity index (χ4n) is 3.66. The van der Waals surface area contributed by atoms with Crippen LogP contribution in [-0.2, 0) is 7.05 Å². The van der Waals surface area contributed by atoms with E-state index in [2.05, 4.69) is 26.4 Å². The van der Waals surface area contributed by atoms with Gasteiger partial charge in [0.15, 0.2) is 0 Å². The molecule has 3 heterocycles. The molecule has 1 N–H and O–H groups in total. The average molecular weight is 349 g/mol. The van der Waals surface area contributed by atoms with Crippen LogP contribution in [-0.4, -0.2) is 39.8 Å². The van der Waals surface area contributed by atoms with Gasteiger partial charge < -0.3 is 10.2 Å². The van der Waals surface area contributed by atoms with Crippen LogP contribution in [0, 0.1) is 6.92 Å².